The molecule has 592 valence electrons. The molecule has 4 nitrogen and oxygen atoms in total. The fourth-order valence-electron chi connectivity index (χ4n) is 20.7. The molecule has 4 heterocycles. The van der Waals surface area contributed by atoms with Crippen molar-refractivity contribution in [2.24, 2.45) is 0 Å². The minimum atomic E-state index is -1.70. The second-order valence-electron chi connectivity index (χ2n) is 39.4. The van der Waals surface area contributed by atoms with Crippen molar-refractivity contribution in [1.82, 2.24) is 9.13 Å². The molecule has 5 heteroatoms. The number of para-hydroxylation sites is 1. The Bertz CT molecular complexity index is 7650. The third kappa shape index (κ3) is 11.3. The standard InChI is InChI=1S/C117H101BN4/c1-112(2,3)76-50-58-100(90(64-76)74-37-23-18-24-38-74)121-106-69-81(119-101-59-51-77(113(4,5)6)65-91(101)92-66-78(114(7,8)9)52-60-102(92)119)55-56-98(106)118-99-63-75(83-42-31-45-89-88-41-27-30-48-97(88)117(109(83)89)95-46-28-25-39-86(95)87-40-26-29-47-96(87)117)49-57-105(99)122(111-84(72-33-19-16-20-34-72)43-32-44-85(111)73-35-21-17-22-36-73)108-71-82(70-107(121)110(108)118)120-103-61-53-79(115(10,11)12)67-93(103)94-68-80(116(13,14)15)54-62-104(94)120/h16-71H,1-15H3/i25D,26D,28D,29D,39D,40D,46D,47D. The Morgan fingerprint density at radius 3 is 1.16 bits per heavy atom. The fraction of sp³-hybridized carbons (Fsp3) is 0.179. The maximum Gasteiger partial charge on any atom is 0.252 e. The van der Waals surface area contributed by atoms with Crippen LogP contribution in [0, 0.1) is 0 Å². The van der Waals surface area contributed by atoms with E-state index in [9.17, 15) is 11.0 Å². The molecule has 0 radical (unpaired) electrons. The minimum Gasteiger partial charge on any atom is -0.311 e. The second-order valence-corrected chi connectivity index (χ2v) is 39.4. The summed E-state index contributed by atoms with van der Waals surface area (Å²) in [7, 11) is 0. The lowest BCUT2D eigenvalue weighted by Crippen LogP contribution is -2.61. The third-order valence-electron chi connectivity index (χ3n) is 26.9. The second kappa shape index (κ2) is 26.9. The summed E-state index contributed by atoms with van der Waals surface area (Å²) in [6, 6.07) is 105. The highest BCUT2D eigenvalue weighted by Gasteiger charge is 2.54. The highest BCUT2D eigenvalue weighted by atomic mass is 15.2. The first-order valence-electron chi connectivity index (χ1n) is 47.2. The zero-order valence-electron chi connectivity index (χ0n) is 80.1. The van der Waals surface area contributed by atoms with Gasteiger partial charge < -0.3 is 18.9 Å². The van der Waals surface area contributed by atoms with Crippen LogP contribution in [0.2, 0.25) is 0 Å². The fourth-order valence-corrected chi connectivity index (χ4v) is 20.7. The van der Waals surface area contributed by atoms with Gasteiger partial charge in [0, 0.05) is 66.7 Å². The zero-order valence-corrected chi connectivity index (χ0v) is 72.1. The van der Waals surface area contributed by atoms with Gasteiger partial charge in [-0.15, -0.1) is 0 Å². The van der Waals surface area contributed by atoms with Crippen LogP contribution in [0.25, 0.3) is 122 Å². The number of aromatic nitrogens is 2. The molecule has 2 aromatic heterocycles. The Morgan fingerprint density at radius 2 is 0.664 bits per heavy atom. The Hall–Kier alpha value is -13.2. The van der Waals surface area contributed by atoms with E-state index in [0.29, 0.717) is 11.1 Å². The molecule has 0 saturated carbocycles. The summed E-state index contributed by atoms with van der Waals surface area (Å²) in [5, 5.41) is 4.71. The molecule has 0 atom stereocenters. The van der Waals surface area contributed by atoms with Crippen LogP contribution in [0.5, 0.6) is 0 Å². The van der Waals surface area contributed by atoms with Gasteiger partial charge in [-0.25, -0.2) is 0 Å². The Labute approximate surface area is 730 Å². The molecule has 122 heavy (non-hydrogen) atoms. The van der Waals surface area contributed by atoms with Crippen molar-refractivity contribution in [3.8, 4) is 78.1 Å². The van der Waals surface area contributed by atoms with Crippen LogP contribution < -0.4 is 26.2 Å². The topological polar surface area (TPSA) is 16.3 Å². The zero-order chi connectivity index (χ0) is 90.5. The molecule has 0 amide bonds. The molecule has 0 bridgehead atoms. The lowest BCUT2D eigenvalue weighted by atomic mass is 9.33. The van der Waals surface area contributed by atoms with E-state index in [1.165, 1.54) is 49.4 Å². The summed E-state index contributed by atoms with van der Waals surface area (Å²) in [6.45, 7) is 34.0. The van der Waals surface area contributed by atoms with Crippen LogP contribution in [0.1, 0.15) is 165 Å². The largest absolute Gasteiger partial charge is 0.311 e. The number of hydrogen-bond acceptors (Lipinski definition) is 2. The Balaban J connectivity index is 0.931. The predicted molar refractivity (Wildman–Crippen MR) is 521 cm³/mol. The third-order valence-corrected chi connectivity index (χ3v) is 26.9. The van der Waals surface area contributed by atoms with Crippen LogP contribution in [0.3, 0.4) is 0 Å². The SMILES string of the molecule is [2H]c1c([2H])c([2H])c2c(c1[2H])-c1c([2H])c([2H])c([2H])c([2H])c1C21c2ccccc2-c2cccc(-c3ccc4c(c3)B3c5ccc(-n6c7ccc(C(C)(C)C)cc7c7cc(C(C)(C)C)ccc76)cc5N(c5ccc(C(C)(C)C)cc5-c5ccccc5)c5cc(-n6c7ccc(C(C)(C)C)cc7c7cc(C(C)(C)C)ccc76)cc(c53)N4c3c(-c4ccccc4)cccc3-c3ccccc3)c21. The monoisotopic (exact) mass is 1580 g/mol. The van der Waals surface area contributed by atoms with Crippen LogP contribution in [-0.4, -0.2) is 15.8 Å². The highest BCUT2D eigenvalue weighted by Crippen LogP contribution is 2.65. The summed E-state index contributed by atoms with van der Waals surface area (Å²) >= 11 is 0. The van der Waals surface area contributed by atoms with Crippen molar-refractivity contribution in [2.45, 2.75) is 136 Å². The molecule has 2 aliphatic carbocycles. The molecule has 1 spiro atoms. The van der Waals surface area contributed by atoms with E-state index in [1.807, 2.05) is 24.3 Å². The molecular weight excluding hydrogens is 1470 g/mol. The van der Waals surface area contributed by atoms with Gasteiger partial charge >= 0.3 is 0 Å². The molecule has 22 rings (SSSR count). The van der Waals surface area contributed by atoms with Gasteiger partial charge in [0.25, 0.3) is 6.71 Å². The minimum absolute atomic E-state index is 0.0722. The Morgan fingerprint density at radius 1 is 0.262 bits per heavy atom. The van der Waals surface area contributed by atoms with E-state index in [2.05, 4.69) is 390 Å². The van der Waals surface area contributed by atoms with E-state index in [1.54, 1.807) is 0 Å². The van der Waals surface area contributed by atoms with E-state index in [0.717, 1.165) is 140 Å². The van der Waals surface area contributed by atoms with Crippen molar-refractivity contribution in [1.29, 1.82) is 0 Å². The van der Waals surface area contributed by atoms with Gasteiger partial charge in [0.1, 0.15) is 0 Å². The van der Waals surface area contributed by atoms with Crippen molar-refractivity contribution in [2.75, 3.05) is 9.80 Å². The van der Waals surface area contributed by atoms with E-state index >= 15 is 0 Å². The Kier molecular flexibility index (Phi) is 14.7. The summed E-state index contributed by atoms with van der Waals surface area (Å²) in [5.41, 5.74) is 30.1. The number of anilines is 6. The molecule has 2 aliphatic heterocycles. The molecule has 0 saturated heterocycles. The van der Waals surface area contributed by atoms with Crippen molar-refractivity contribution in [3.63, 3.8) is 0 Å². The van der Waals surface area contributed by atoms with E-state index in [-0.39, 0.29) is 73.5 Å². The summed E-state index contributed by atoms with van der Waals surface area (Å²) in [5.74, 6) is 0. The first-order chi connectivity index (χ1) is 62.0. The van der Waals surface area contributed by atoms with Gasteiger partial charge in [-0.3, -0.25) is 0 Å². The number of rotatable bonds is 8. The normalized spacial score (nSPS) is 14.8. The van der Waals surface area contributed by atoms with Gasteiger partial charge in [-0.05, 0) is 235 Å². The first kappa shape index (κ1) is 66.6. The van der Waals surface area contributed by atoms with Crippen LogP contribution in [-0.2, 0) is 32.5 Å². The van der Waals surface area contributed by atoms with Crippen LogP contribution in [0.15, 0.2) is 340 Å². The summed E-state index contributed by atoms with van der Waals surface area (Å²) in [6.07, 6.45) is 0. The maximum absolute atomic E-state index is 10.4. The van der Waals surface area contributed by atoms with E-state index in [4.69, 9.17) is 0 Å². The molecular formula is C117H101BN4. The number of hydrogen-bond donors (Lipinski definition) is 0. The van der Waals surface area contributed by atoms with Crippen molar-refractivity contribution in [3.05, 3.63) is 390 Å². The maximum atomic E-state index is 10.4. The van der Waals surface area contributed by atoms with Crippen LogP contribution in [0.4, 0.5) is 34.1 Å². The predicted octanol–water partition coefficient (Wildman–Crippen LogP) is 29.5. The van der Waals surface area contributed by atoms with Crippen molar-refractivity contribution < 1.29 is 11.0 Å². The molecule has 16 aromatic carbocycles. The smallest absolute Gasteiger partial charge is 0.252 e. The van der Waals surface area contributed by atoms with Crippen LogP contribution >= 0.6 is 0 Å². The average molecular weight is 1580 g/mol. The molecule has 18 aromatic rings. The van der Waals surface area contributed by atoms with Gasteiger partial charge in [0.05, 0.1) is 55.5 Å². The summed E-state index contributed by atoms with van der Waals surface area (Å²) in [4.78, 5) is 5.21. The number of benzene rings is 16. The van der Waals surface area contributed by atoms with Gasteiger partial charge in [0.2, 0.25) is 0 Å². The molecule has 0 fully saturated rings. The quantitative estimate of drug-likeness (QED) is 0.141. The average Bonchev–Trinajstić information content (AvgIpc) is 1.47. The van der Waals surface area contributed by atoms with Gasteiger partial charge in [0.15, 0.2) is 0 Å². The van der Waals surface area contributed by atoms with Crippen molar-refractivity contribution >= 4 is 101 Å². The highest BCUT2D eigenvalue weighted by molar-refractivity contribution is 7.00. The first-order valence-corrected chi connectivity index (χ1v) is 43.2. The summed E-state index contributed by atoms with van der Waals surface area (Å²) < 4.78 is 83.7. The lowest BCUT2D eigenvalue weighted by molar-refractivity contribution is 0.590. The van der Waals surface area contributed by atoms with E-state index < -0.39 is 36.3 Å². The molecule has 4 aliphatic rings. The molecule has 0 unspecified atom stereocenters. The van der Waals surface area contributed by atoms with Gasteiger partial charge in [-0.1, -0.05) is 352 Å². The molecule has 0 N–H and O–H groups in total. The number of nitrogens with zero attached hydrogens (tertiary/aromatic N) is 4. The lowest BCUT2D eigenvalue weighted by Gasteiger charge is -2.46. The number of fused-ring (bicyclic) bond motifs is 20. The van der Waals surface area contributed by atoms with Gasteiger partial charge in [-0.2, -0.15) is 0 Å².